The van der Waals surface area contributed by atoms with E-state index in [2.05, 4.69) is 48.1 Å². The van der Waals surface area contributed by atoms with Crippen LogP contribution < -0.4 is 0 Å². The molecule has 5 rings (SSSR count). The molecule has 5 aliphatic rings. The SMILES string of the molecule is C=C(C)[C@@H]1CC[C@]2(COC(=O)CC(C)(C)C(=O)O)CC[C@]3(C)[C@H](CC[C@@H]4[C@@]5(C)CC[C@H](OC(=O)CC(C)(C)C(=O)O)C(C)(C)[C@@H]5CC[C@]43C)[C@@H]12. The molecule has 8 heteroatoms. The summed E-state index contributed by atoms with van der Waals surface area (Å²) in [7, 11) is 0. The predicted octanol–water partition coefficient (Wildman–Crippen LogP) is 9.10. The molecule has 0 heterocycles. The van der Waals surface area contributed by atoms with E-state index in [1.807, 2.05) is 0 Å². The van der Waals surface area contributed by atoms with Gasteiger partial charge in [-0.25, -0.2) is 0 Å². The number of carbonyl (C=O) groups is 4. The Morgan fingerprint density at radius 1 is 0.720 bits per heavy atom. The van der Waals surface area contributed by atoms with E-state index in [1.165, 1.54) is 5.57 Å². The second kappa shape index (κ2) is 12.6. The maximum absolute atomic E-state index is 13.1. The number of esters is 2. The van der Waals surface area contributed by atoms with Crippen molar-refractivity contribution >= 4 is 23.9 Å². The minimum absolute atomic E-state index is 0.0954. The number of hydrogen-bond donors (Lipinski definition) is 2. The van der Waals surface area contributed by atoms with Crippen LogP contribution in [0, 0.1) is 67.5 Å². The molecule has 0 spiro atoms. The van der Waals surface area contributed by atoms with E-state index >= 15 is 0 Å². The van der Waals surface area contributed by atoms with E-state index in [9.17, 15) is 29.4 Å². The van der Waals surface area contributed by atoms with Gasteiger partial charge in [-0.15, -0.1) is 0 Å². The standard InChI is InChI=1S/C42H66O8/c1-25(2)26-14-19-42(24-49-31(43)22-36(3,4)34(45)46)21-20-40(10)27(33(26)42)12-13-29-39(9)17-16-30(50-32(44)23-37(5,6)35(47)48)38(7,8)28(39)15-18-41(29,40)11/h26-30,33H,1,12-24H2,2-11H3,(H,45,46)(H,47,48)/t26-,27+,28-,29+,30-,33+,39-,40+,41+,42+/m0/s1. The smallest absolute Gasteiger partial charge is 0.309 e. The summed E-state index contributed by atoms with van der Waals surface area (Å²) >= 11 is 0. The normalized spacial score (nSPS) is 40.7. The highest BCUT2D eigenvalue weighted by atomic mass is 16.5. The summed E-state index contributed by atoms with van der Waals surface area (Å²) < 4.78 is 12.2. The Labute approximate surface area is 300 Å². The summed E-state index contributed by atoms with van der Waals surface area (Å²) in [5.74, 6) is -0.655. The average Bonchev–Trinajstić information content (AvgIpc) is 3.38. The van der Waals surface area contributed by atoms with Gasteiger partial charge in [0.05, 0.1) is 30.3 Å². The predicted molar refractivity (Wildman–Crippen MR) is 192 cm³/mol. The fourth-order valence-corrected chi connectivity index (χ4v) is 13.1. The molecule has 8 nitrogen and oxygen atoms in total. The van der Waals surface area contributed by atoms with Crippen molar-refractivity contribution in [1.82, 2.24) is 0 Å². The number of carboxylic acid groups (broad SMARTS) is 2. The van der Waals surface area contributed by atoms with Crippen LogP contribution in [-0.4, -0.2) is 46.8 Å². The summed E-state index contributed by atoms with van der Waals surface area (Å²) in [6.45, 7) is 25.6. The highest BCUT2D eigenvalue weighted by Crippen LogP contribution is 2.77. The highest BCUT2D eigenvalue weighted by Gasteiger charge is 2.71. The number of hydrogen-bond acceptors (Lipinski definition) is 6. The first-order valence-electron chi connectivity index (χ1n) is 19.4. The van der Waals surface area contributed by atoms with Crippen LogP contribution in [-0.2, 0) is 28.7 Å². The zero-order chi connectivity index (χ0) is 37.5. The number of fused-ring (bicyclic) bond motifs is 7. The van der Waals surface area contributed by atoms with E-state index in [4.69, 9.17) is 9.47 Å². The maximum Gasteiger partial charge on any atom is 0.309 e. The minimum Gasteiger partial charge on any atom is -0.481 e. The van der Waals surface area contributed by atoms with Crippen molar-refractivity contribution in [1.29, 1.82) is 0 Å². The van der Waals surface area contributed by atoms with E-state index in [0.29, 0.717) is 36.2 Å². The topological polar surface area (TPSA) is 127 Å². The second-order valence-electron chi connectivity index (χ2n) is 20.3. The molecule has 282 valence electrons. The molecule has 2 N–H and O–H groups in total. The molecule has 0 aromatic heterocycles. The van der Waals surface area contributed by atoms with Crippen LogP contribution in [0.2, 0.25) is 0 Å². The lowest BCUT2D eigenvalue weighted by molar-refractivity contribution is -0.252. The van der Waals surface area contributed by atoms with E-state index in [0.717, 1.165) is 64.2 Å². The molecule has 50 heavy (non-hydrogen) atoms. The van der Waals surface area contributed by atoms with Gasteiger partial charge in [0, 0.05) is 10.8 Å². The molecule has 0 radical (unpaired) electrons. The van der Waals surface area contributed by atoms with Gasteiger partial charge < -0.3 is 19.7 Å². The monoisotopic (exact) mass is 698 g/mol. The van der Waals surface area contributed by atoms with Crippen LogP contribution in [0.4, 0.5) is 0 Å². The summed E-state index contributed by atoms with van der Waals surface area (Å²) in [5, 5.41) is 19.2. The molecule has 0 aromatic carbocycles. The van der Waals surface area contributed by atoms with Gasteiger partial charge in [-0.1, -0.05) is 46.8 Å². The molecule has 0 bridgehead atoms. The fourth-order valence-electron chi connectivity index (χ4n) is 13.1. The van der Waals surface area contributed by atoms with Gasteiger partial charge >= 0.3 is 23.9 Å². The van der Waals surface area contributed by atoms with Crippen LogP contribution in [0.15, 0.2) is 12.2 Å². The molecule has 0 saturated heterocycles. The third-order valence-electron chi connectivity index (χ3n) is 16.3. The Bertz CT molecular complexity index is 1410. The van der Waals surface area contributed by atoms with Gasteiger partial charge in [-0.3, -0.25) is 19.2 Å². The number of carboxylic acids is 2. The third-order valence-corrected chi connectivity index (χ3v) is 16.3. The summed E-state index contributed by atoms with van der Waals surface area (Å²) in [6.07, 6.45) is 9.93. The lowest BCUT2D eigenvalue weighted by atomic mass is 9.32. The number of carbonyl (C=O) groups excluding carboxylic acids is 2. The van der Waals surface area contributed by atoms with Gasteiger partial charge in [0.25, 0.3) is 0 Å². The molecule has 0 unspecified atom stereocenters. The Kier molecular flexibility index (Phi) is 9.82. The molecule has 0 amide bonds. The summed E-state index contributed by atoms with van der Waals surface area (Å²) in [4.78, 5) is 49.5. The first-order valence-corrected chi connectivity index (χ1v) is 19.4. The van der Waals surface area contributed by atoms with Crippen molar-refractivity contribution in [3.63, 3.8) is 0 Å². The molecule has 5 fully saturated rings. The largest absolute Gasteiger partial charge is 0.481 e. The summed E-state index contributed by atoms with van der Waals surface area (Å²) in [6, 6.07) is 0. The van der Waals surface area contributed by atoms with Crippen LogP contribution in [0.3, 0.4) is 0 Å². The van der Waals surface area contributed by atoms with Crippen LogP contribution in [0.5, 0.6) is 0 Å². The number of rotatable bonds is 10. The van der Waals surface area contributed by atoms with Crippen molar-refractivity contribution in [2.45, 2.75) is 152 Å². The van der Waals surface area contributed by atoms with Crippen molar-refractivity contribution in [2.24, 2.45) is 67.5 Å². The van der Waals surface area contributed by atoms with E-state index in [1.54, 1.807) is 27.7 Å². The number of ether oxygens (including phenoxy) is 2. The zero-order valence-electron chi connectivity index (χ0n) is 32.7. The maximum atomic E-state index is 13.1. The lowest BCUT2D eigenvalue weighted by Gasteiger charge is -2.73. The van der Waals surface area contributed by atoms with E-state index < -0.39 is 34.7 Å². The van der Waals surface area contributed by atoms with Crippen molar-refractivity contribution in [3.8, 4) is 0 Å². The third kappa shape index (κ3) is 6.04. The first kappa shape index (κ1) is 38.8. The van der Waals surface area contributed by atoms with Crippen LogP contribution in [0.25, 0.3) is 0 Å². The second-order valence-corrected chi connectivity index (χ2v) is 20.3. The van der Waals surface area contributed by atoms with Gasteiger partial charge in [0.1, 0.15) is 6.10 Å². The van der Waals surface area contributed by atoms with Gasteiger partial charge in [0.15, 0.2) is 0 Å². The van der Waals surface area contributed by atoms with Gasteiger partial charge in [0.2, 0.25) is 0 Å². The molecule has 10 atom stereocenters. The Hall–Kier alpha value is -2.38. The lowest BCUT2D eigenvalue weighted by Crippen LogP contribution is -2.67. The first-order chi connectivity index (χ1) is 22.9. The molecular weight excluding hydrogens is 632 g/mol. The van der Waals surface area contributed by atoms with Crippen LogP contribution >= 0.6 is 0 Å². The van der Waals surface area contributed by atoms with Crippen LogP contribution in [0.1, 0.15) is 146 Å². The molecular formula is C42H66O8. The van der Waals surface area contributed by atoms with Gasteiger partial charge in [-0.05, 0) is 145 Å². The highest BCUT2D eigenvalue weighted by molar-refractivity contribution is 5.82. The number of allylic oxidation sites excluding steroid dienone is 1. The van der Waals surface area contributed by atoms with Gasteiger partial charge in [-0.2, -0.15) is 0 Å². The Morgan fingerprint density at radius 2 is 1.32 bits per heavy atom. The average molecular weight is 699 g/mol. The zero-order valence-corrected chi connectivity index (χ0v) is 32.7. The summed E-state index contributed by atoms with van der Waals surface area (Å²) in [5.41, 5.74) is -1.10. The van der Waals surface area contributed by atoms with Crippen molar-refractivity contribution in [3.05, 3.63) is 12.2 Å². The van der Waals surface area contributed by atoms with E-state index in [-0.39, 0.29) is 46.0 Å². The Morgan fingerprint density at radius 3 is 1.90 bits per heavy atom. The van der Waals surface area contributed by atoms with Crippen molar-refractivity contribution < 1.29 is 38.9 Å². The molecule has 0 aromatic rings. The quantitative estimate of drug-likeness (QED) is 0.171. The molecule has 5 aliphatic carbocycles. The fraction of sp³-hybridized carbons (Fsp3) is 0.857. The molecule has 5 saturated carbocycles. The Balaban J connectivity index is 1.38. The minimum atomic E-state index is -1.16. The number of aliphatic carboxylic acids is 2. The molecule has 0 aliphatic heterocycles. The van der Waals surface area contributed by atoms with Crippen molar-refractivity contribution in [2.75, 3.05) is 6.61 Å².